The van der Waals surface area contributed by atoms with Crippen molar-refractivity contribution in [2.75, 3.05) is 20.1 Å². The smallest absolute Gasteiger partial charge is 0.416 e. The molecule has 3 N–H and O–H groups in total. The van der Waals surface area contributed by atoms with E-state index in [1.54, 1.807) is 24.3 Å². The fraction of sp³-hybridized carbons (Fsp3) is 0.406. The molecule has 0 spiro atoms. The molecule has 0 aromatic heterocycles. The molecule has 44 heavy (non-hydrogen) atoms. The SMILES string of the molecule is CN(CC(O)CNC(C)(C)CCCc1ccc(F)cc1)S(=O)(=O)c1cc(-c2ccc(CCC(=O)O)cc2)cc(C(F)(F)F)c1. The zero-order valence-electron chi connectivity index (χ0n) is 24.9. The Morgan fingerprint density at radius 3 is 2.11 bits per heavy atom. The van der Waals surface area contributed by atoms with Crippen LogP contribution in [-0.2, 0) is 33.8 Å². The van der Waals surface area contributed by atoms with E-state index in [-0.39, 0.29) is 37.3 Å². The first kappa shape index (κ1) is 35.2. The summed E-state index contributed by atoms with van der Waals surface area (Å²) in [5.41, 5.74) is 0.495. The van der Waals surface area contributed by atoms with E-state index in [0.717, 1.165) is 41.3 Å². The number of hydrogen-bond donors (Lipinski definition) is 3. The number of nitrogens with one attached hydrogen (secondary N) is 1. The standard InChI is InChI=1S/C32H38F4N2O5S/c1-31(2,16-4-5-22-8-13-27(33)14-9-22)37-20-28(39)21-38(3)44(42,43)29-18-25(17-26(19-29)32(34,35)36)24-11-6-23(7-12-24)10-15-30(40)41/h6-9,11-14,17-19,28,37,39H,4-5,10,15-16,20-21H2,1-3H3,(H,40,41). The van der Waals surface area contributed by atoms with Gasteiger partial charge in [0.1, 0.15) is 5.82 Å². The molecule has 0 fully saturated rings. The first-order valence-electron chi connectivity index (χ1n) is 14.1. The van der Waals surface area contributed by atoms with Gasteiger partial charge in [0.15, 0.2) is 0 Å². The van der Waals surface area contributed by atoms with E-state index in [9.17, 15) is 35.9 Å². The molecule has 0 aliphatic heterocycles. The fourth-order valence-electron chi connectivity index (χ4n) is 4.70. The second-order valence-electron chi connectivity index (χ2n) is 11.5. The maximum absolute atomic E-state index is 13.8. The van der Waals surface area contributed by atoms with E-state index in [1.165, 1.54) is 31.3 Å². The van der Waals surface area contributed by atoms with E-state index in [2.05, 4.69) is 5.32 Å². The molecule has 0 aliphatic rings. The molecule has 0 bridgehead atoms. The fourth-order valence-corrected chi connectivity index (χ4v) is 5.98. The summed E-state index contributed by atoms with van der Waals surface area (Å²) in [7, 11) is -3.22. The monoisotopic (exact) mass is 638 g/mol. The van der Waals surface area contributed by atoms with E-state index < -0.39 is 44.3 Å². The molecule has 1 atom stereocenters. The number of sulfonamides is 1. The van der Waals surface area contributed by atoms with Crippen LogP contribution in [0.5, 0.6) is 0 Å². The van der Waals surface area contributed by atoms with Gasteiger partial charge >= 0.3 is 12.1 Å². The number of aryl methyl sites for hydroxylation is 2. The largest absolute Gasteiger partial charge is 0.481 e. The molecule has 3 aromatic carbocycles. The third-order valence-electron chi connectivity index (χ3n) is 7.32. The molecular formula is C32H38F4N2O5S. The zero-order valence-corrected chi connectivity index (χ0v) is 25.7. The van der Waals surface area contributed by atoms with Crippen molar-refractivity contribution in [3.8, 4) is 11.1 Å². The molecule has 3 rings (SSSR count). The third kappa shape index (κ3) is 10.4. The summed E-state index contributed by atoms with van der Waals surface area (Å²) in [6.07, 6.45) is -3.57. The predicted octanol–water partition coefficient (Wildman–Crippen LogP) is 5.90. The molecule has 0 amide bonds. The van der Waals surface area contributed by atoms with Crippen molar-refractivity contribution in [3.05, 3.63) is 89.2 Å². The van der Waals surface area contributed by atoms with Crippen molar-refractivity contribution >= 4 is 16.0 Å². The summed E-state index contributed by atoms with van der Waals surface area (Å²) >= 11 is 0. The number of alkyl halides is 3. The quantitative estimate of drug-likeness (QED) is 0.179. The zero-order chi connectivity index (χ0) is 32.7. The van der Waals surface area contributed by atoms with Gasteiger partial charge in [-0.25, -0.2) is 12.8 Å². The van der Waals surface area contributed by atoms with Gasteiger partial charge in [0.2, 0.25) is 10.0 Å². The predicted molar refractivity (Wildman–Crippen MR) is 160 cm³/mol. The van der Waals surface area contributed by atoms with Crippen LogP contribution in [0.1, 0.15) is 49.8 Å². The first-order valence-corrected chi connectivity index (χ1v) is 15.6. The molecule has 12 heteroatoms. The summed E-state index contributed by atoms with van der Waals surface area (Å²) < 4.78 is 82.1. The van der Waals surface area contributed by atoms with Crippen LogP contribution in [0, 0.1) is 5.82 Å². The molecule has 3 aromatic rings. The molecule has 0 saturated heterocycles. The lowest BCUT2D eigenvalue weighted by Gasteiger charge is -2.29. The number of β-amino-alcohol motifs (C(OH)–C–C–N with tert-alkyl or cyclic N) is 1. The number of aliphatic carboxylic acids is 1. The van der Waals surface area contributed by atoms with Gasteiger partial charge in [-0.3, -0.25) is 4.79 Å². The maximum atomic E-state index is 13.8. The Morgan fingerprint density at radius 2 is 1.52 bits per heavy atom. The summed E-state index contributed by atoms with van der Waals surface area (Å²) in [5.74, 6) is -1.28. The summed E-state index contributed by atoms with van der Waals surface area (Å²) in [4.78, 5) is 10.3. The minimum atomic E-state index is -4.81. The van der Waals surface area contributed by atoms with E-state index >= 15 is 0 Å². The van der Waals surface area contributed by atoms with Crippen molar-refractivity contribution in [1.82, 2.24) is 9.62 Å². The highest BCUT2D eigenvalue weighted by Gasteiger charge is 2.34. The number of aliphatic hydroxyl groups is 1. The van der Waals surface area contributed by atoms with Gasteiger partial charge in [-0.2, -0.15) is 17.5 Å². The van der Waals surface area contributed by atoms with Gasteiger partial charge in [-0.1, -0.05) is 36.4 Å². The number of halogens is 4. The topological polar surface area (TPSA) is 107 Å². The number of benzene rings is 3. The van der Waals surface area contributed by atoms with Gasteiger partial charge in [-0.05, 0) is 92.1 Å². The van der Waals surface area contributed by atoms with E-state index in [4.69, 9.17) is 5.11 Å². The Kier molecular flexibility index (Phi) is 11.7. The van der Waals surface area contributed by atoms with Crippen LogP contribution in [0.4, 0.5) is 17.6 Å². The lowest BCUT2D eigenvalue weighted by molar-refractivity contribution is -0.138. The van der Waals surface area contributed by atoms with Crippen LogP contribution in [0.25, 0.3) is 11.1 Å². The Bertz CT molecular complexity index is 1510. The second kappa shape index (κ2) is 14.6. The average molecular weight is 639 g/mol. The van der Waals surface area contributed by atoms with Crippen molar-refractivity contribution < 1.29 is 41.0 Å². The average Bonchev–Trinajstić information content (AvgIpc) is 2.95. The number of rotatable bonds is 15. The van der Waals surface area contributed by atoms with Crippen LogP contribution in [0.2, 0.25) is 0 Å². The van der Waals surface area contributed by atoms with Gasteiger partial charge in [0.05, 0.1) is 16.6 Å². The van der Waals surface area contributed by atoms with Gasteiger partial charge in [-0.15, -0.1) is 0 Å². The van der Waals surface area contributed by atoms with E-state index in [0.29, 0.717) is 17.2 Å². The normalized spacial score (nSPS) is 13.3. The number of likely N-dealkylation sites (N-methyl/N-ethyl adjacent to an activating group) is 1. The lowest BCUT2D eigenvalue weighted by Crippen LogP contribution is -2.46. The van der Waals surface area contributed by atoms with Crippen LogP contribution in [0.3, 0.4) is 0 Å². The Hall–Kier alpha value is -3.32. The maximum Gasteiger partial charge on any atom is 0.416 e. The van der Waals surface area contributed by atoms with Crippen molar-refractivity contribution in [1.29, 1.82) is 0 Å². The first-order chi connectivity index (χ1) is 20.5. The van der Waals surface area contributed by atoms with E-state index in [1.807, 2.05) is 13.8 Å². The van der Waals surface area contributed by atoms with Gasteiger partial charge < -0.3 is 15.5 Å². The van der Waals surface area contributed by atoms with Crippen LogP contribution in [0.15, 0.2) is 71.6 Å². The molecule has 0 radical (unpaired) electrons. The van der Waals surface area contributed by atoms with Crippen molar-refractivity contribution in [2.45, 2.75) is 68.7 Å². The highest BCUT2D eigenvalue weighted by molar-refractivity contribution is 7.89. The second-order valence-corrected chi connectivity index (χ2v) is 13.6. The molecule has 0 aliphatic carbocycles. The number of hydrogen-bond acceptors (Lipinski definition) is 5. The Balaban J connectivity index is 1.68. The van der Waals surface area contributed by atoms with Crippen LogP contribution in [-0.4, -0.2) is 60.7 Å². The number of aliphatic hydroxyl groups excluding tert-OH is 1. The summed E-state index contributed by atoms with van der Waals surface area (Å²) in [6, 6.07) is 15.1. The van der Waals surface area contributed by atoms with Crippen molar-refractivity contribution in [2.24, 2.45) is 0 Å². The Labute approximate surface area is 255 Å². The Morgan fingerprint density at radius 1 is 0.932 bits per heavy atom. The minimum Gasteiger partial charge on any atom is -0.481 e. The number of carbonyl (C=O) groups is 1. The highest BCUT2D eigenvalue weighted by atomic mass is 32.2. The van der Waals surface area contributed by atoms with Crippen molar-refractivity contribution in [3.63, 3.8) is 0 Å². The number of carboxylic acids is 1. The number of carboxylic acid groups (broad SMARTS) is 1. The molecule has 0 heterocycles. The van der Waals surface area contributed by atoms with Crippen LogP contribution < -0.4 is 5.32 Å². The third-order valence-corrected chi connectivity index (χ3v) is 9.12. The molecule has 1 unspecified atom stereocenters. The lowest BCUT2D eigenvalue weighted by atomic mass is 9.95. The minimum absolute atomic E-state index is 0.0289. The van der Waals surface area contributed by atoms with Gasteiger partial charge in [0.25, 0.3) is 0 Å². The summed E-state index contributed by atoms with van der Waals surface area (Å²) in [6.45, 7) is 3.57. The molecule has 240 valence electrons. The molecule has 7 nitrogen and oxygen atoms in total. The van der Waals surface area contributed by atoms with Gasteiger partial charge in [0, 0.05) is 32.1 Å². The number of nitrogens with zero attached hydrogens (tertiary/aromatic N) is 1. The summed E-state index contributed by atoms with van der Waals surface area (Å²) in [5, 5.41) is 22.7. The molecular weight excluding hydrogens is 600 g/mol. The van der Waals surface area contributed by atoms with Crippen LogP contribution >= 0.6 is 0 Å². The highest BCUT2D eigenvalue weighted by Crippen LogP contribution is 2.35. The molecule has 0 saturated carbocycles.